The van der Waals surface area contributed by atoms with Crippen LogP contribution >= 0.6 is 0 Å². The number of benzene rings is 2. The number of rotatable bonds is 10. The van der Waals surface area contributed by atoms with Crippen molar-refractivity contribution in [3.8, 4) is 22.8 Å². The quantitative estimate of drug-likeness (QED) is 0.217. The van der Waals surface area contributed by atoms with Crippen molar-refractivity contribution < 1.29 is 19.1 Å². The third kappa shape index (κ3) is 6.98. The molecule has 2 aliphatic heterocycles. The molecule has 2 fully saturated rings. The van der Waals surface area contributed by atoms with Crippen LogP contribution in [0.2, 0.25) is 0 Å². The topological polar surface area (TPSA) is 117 Å². The molecule has 12 nitrogen and oxygen atoms in total. The Morgan fingerprint density at radius 1 is 1.02 bits per heavy atom. The highest BCUT2D eigenvalue weighted by Crippen LogP contribution is 2.40. The molecule has 244 valence electrons. The van der Waals surface area contributed by atoms with Crippen molar-refractivity contribution in [2.24, 2.45) is 0 Å². The number of nitrogens with zero attached hydrogens (tertiary/aromatic N) is 6. The van der Waals surface area contributed by atoms with E-state index in [0.717, 1.165) is 48.4 Å². The van der Waals surface area contributed by atoms with Crippen LogP contribution in [0.4, 0.5) is 28.7 Å². The van der Waals surface area contributed by atoms with Crippen molar-refractivity contribution in [3.05, 3.63) is 85.3 Å². The molecule has 47 heavy (non-hydrogen) atoms. The van der Waals surface area contributed by atoms with Crippen LogP contribution in [0.1, 0.15) is 24.9 Å². The summed E-state index contributed by atoms with van der Waals surface area (Å²) in [7, 11) is 5.36. The molecule has 0 spiro atoms. The maximum Gasteiger partial charge on any atom is 0.247 e. The van der Waals surface area contributed by atoms with Crippen molar-refractivity contribution in [1.82, 2.24) is 19.9 Å². The first-order valence-electron chi connectivity index (χ1n) is 15.6. The van der Waals surface area contributed by atoms with Gasteiger partial charge in [0.1, 0.15) is 17.9 Å². The Hall–Kier alpha value is -5.20. The maximum absolute atomic E-state index is 12.5. The molecule has 0 saturated carbocycles. The Morgan fingerprint density at radius 3 is 2.64 bits per heavy atom. The summed E-state index contributed by atoms with van der Waals surface area (Å²) in [5.74, 6) is 2.05. The minimum absolute atomic E-state index is 0.0515. The van der Waals surface area contributed by atoms with Crippen LogP contribution in [0.5, 0.6) is 11.6 Å². The van der Waals surface area contributed by atoms with E-state index in [1.165, 1.54) is 12.4 Å². The zero-order valence-electron chi connectivity index (χ0n) is 27.1. The number of hydrogen-bond acceptors (Lipinski definition) is 11. The highest BCUT2D eigenvalue weighted by Gasteiger charge is 2.30. The average Bonchev–Trinajstić information content (AvgIpc) is 3.60. The summed E-state index contributed by atoms with van der Waals surface area (Å²) in [6, 6.07) is 18.2. The molecule has 4 aromatic rings. The Kier molecular flexibility index (Phi) is 9.50. The number of anilines is 5. The number of nitrogens with one attached hydrogen (secondary N) is 2. The van der Waals surface area contributed by atoms with Crippen LogP contribution in [0.3, 0.4) is 0 Å². The predicted molar refractivity (Wildman–Crippen MR) is 183 cm³/mol. The smallest absolute Gasteiger partial charge is 0.247 e. The number of piperazine rings is 1. The standard InChI is InChI=1S/C35H40N8O4/c1-6-34(44)40-27-17-28(31(45-4)18-30(27)42-14-13-41(3)23(2)21-42)39-32-19-33(38-22-37-32)43-29(12-15-47-43)25-9-7-8-24(16-25)26-10-11-35(46-5)36-20-26/h6-11,16-20,22-23,29H,1,12-15,21H2,2-5H3,(H,40,44)(H,37,38,39)/t23-,29+/m0/s1. The molecule has 1 amide bonds. The van der Waals surface area contributed by atoms with Gasteiger partial charge in [0, 0.05) is 62.1 Å². The van der Waals surface area contributed by atoms with Crippen molar-refractivity contribution in [2.45, 2.75) is 25.4 Å². The number of aromatic nitrogens is 3. The molecule has 2 N–H and O–H groups in total. The van der Waals surface area contributed by atoms with Gasteiger partial charge in [0.05, 0.1) is 43.9 Å². The number of hydroxylamine groups is 1. The highest BCUT2D eigenvalue weighted by atomic mass is 16.7. The lowest BCUT2D eigenvalue weighted by Gasteiger charge is -2.40. The van der Waals surface area contributed by atoms with Gasteiger partial charge in [0.2, 0.25) is 11.8 Å². The molecule has 0 unspecified atom stereocenters. The zero-order valence-corrected chi connectivity index (χ0v) is 27.1. The van der Waals surface area contributed by atoms with Gasteiger partial charge in [0.15, 0.2) is 5.82 Å². The normalized spacial score (nSPS) is 18.1. The Labute approximate surface area is 275 Å². The molecule has 6 rings (SSSR count). The van der Waals surface area contributed by atoms with Crippen LogP contribution in [-0.4, -0.2) is 79.3 Å². The van der Waals surface area contributed by atoms with E-state index in [2.05, 4.69) is 74.1 Å². The second-order valence-electron chi connectivity index (χ2n) is 11.6. The van der Waals surface area contributed by atoms with E-state index in [1.54, 1.807) is 14.2 Å². The minimum atomic E-state index is -0.293. The average molecular weight is 637 g/mol. The number of methoxy groups -OCH3 is 2. The summed E-state index contributed by atoms with van der Waals surface area (Å²) in [6.07, 6.45) is 5.37. The molecule has 2 aliphatic rings. The largest absolute Gasteiger partial charge is 0.494 e. The lowest BCUT2D eigenvalue weighted by Crippen LogP contribution is -2.50. The summed E-state index contributed by atoms with van der Waals surface area (Å²) < 4.78 is 11.0. The second kappa shape index (κ2) is 14.1. The third-order valence-electron chi connectivity index (χ3n) is 8.66. The van der Waals surface area contributed by atoms with Crippen LogP contribution < -0.4 is 30.1 Å². The van der Waals surface area contributed by atoms with E-state index in [1.807, 2.05) is 47.7 Å². The van der Waals surface area contributed by atoms with Gasteiger partial charge < -0.3 is 29.9 Å². The van der Waals surface area contributed by atoms with Crippen LogP contribution in [-0.2, 0) is 9.63 Å². The summed E-state index contributed by atoms with van der Waals surface area (Å²) in [5.41, 5.74) is 5.32. The summed E-state index contributed by atoms with van der Waals surface area (Å²) in [6.45, 7) is 8.92. The molecule has 0 bridgehead atoms. The molecule has 0 aliphatic carbocycles. The SMILES string of the molecule is C=CC(=O)Nc1cc(Nc2cc(N3OCC[C@@H]3c3cccc(-c4ccc(OC)nc4)c3)ncn2)c(OC)cc1N1CCN(C)[C@@H](C)C1. The van der Waals surface area contributed by atoms with Gasteiger partial charge in [-0.3, -0.25) is 9.63 Å². The number of hydrogen-bond donors (Lipinski definition) is 2. The van der Waals surface area contributed by atoms with E-state index >= 15 is 0 Å². The number of pyridine rings is 1. The summed E-state index contributed by atoms with van der Waals surface area (Å²) in [4.78, 5) is 36.6. The van der Waals surface area contributed by atoms with E-state index in [9.17, 15) is 4.79 Å². The number of likely N-dealkylation sites (N-methyl/N-ethyl adjacent to an activating group) is 1. The Bertz CT molecular complexity index is 1730. The number of amides is 1. The van der Waals surface area contributed by atoms with Gasteiger partial charge in [-0.05, 0) is 49.4 Å². The van der Waals surface area contributed by atoms with Crippen LogP contribution in [0.15, 0.2) is 79.8 Å². The first-order valence-corrected chi connectivity index (χ1v) is 15.6. The molecule has 0 radical (unpaired) electrons. The number of carbonyl (C=O) groups excluding carboxylic acids is 1. The third-order valence-corrected chi connectivity index (χ3v) is 8.66. The maximum atomic E-state index is 12.5. The minimum Gasteiger partial charge on any atom is -0.494 e. The van der Waals surface area contributed by atoms with Gasteiger partial charge in [-0.2, -0.15) is 0 Å². The monoisotopic (exact) mass is 636 g/mol. The van der Waals surface area contributed by atoms with E-state index in [4.69, 9.17) is 14.3 Å². The molecule has 2 aromatic carbocycles. The van der Waals surface area contributed by atoms with E-state index in [-0.39, 0.29) is 11.9 Å². The Morgan fingerprint density at radius 2 is 1.89 bits per heavy atom. The first-order chi connectivity index (χ1) is 22.9. The Balaban J connectivity index is 1.27. The number of carbonyl (C=O) groups is 1. The summed E-state index contributed by atoms with van der Waals surface area (Å²) >= 11 is 0. The van der Waals surface area contributed by atoms with Gasteiger partial charge in [-0.1, -0.05) is 24.8 Å². The van der Waals surface area contributed by atoms with Crippen molar-refractivity contribution >= 4 is 34.6 Å². The highest BCUT2D eigenvalue weighted by molar-refractivity contribution is 6.02. The number of ether oxygens (including phenoxy) is 2. The van der Waals surface area contributed by atoms with Crippen molar-refractivity contribution in [3.63, 3.8) is 0 Å². The molecular formula is C35H40N8O4. The van der Waals surface area contributed by atoms with Gasteiger partial charge in [0.25, 0.3) is 0 Å². The van der Waals surface area contributed by atoms with E-state index < -0.39 is 0 Å². The van der Waals surface area contributed by atoms with Crippen LogP contribution in [0, 0.1) is 0 Å². The predicted octanol–water partition coefficient (Wildman–Crippen LogP) is 5.45. The lowest BCUT2D eigenvalue weighted by atomic mass is 9.99. The van der Waals surface area contributed by atoms with E-state index in [0.29, 0.717) is 47.3 Å². The lowest BCUT2D eigenvalue weighted by molar-refractivity contribution is -0.111. The van der Waals surface area contributed by atoms with Gasteiger partial charge in [-0.25, -0.2) is 20.0 Å². The fraction of sp³-hybridized carbons (Fsp3) is 0.314. The van der Waals surface area contributed by atoms with Gasteiger partial charge >= 0.3 is 0 Å². The van der Waals surface area contributed by atoms with Crippen molar-refractivity contribution in [1.29, 1.82) is 0 Å². The second-order valence-corrected chi connectivity index (χ2v) is 11.6. The fourth-order valence-electron chi connectivity index (χ4n) is 5.92. The molecule has 2 atom stereocenters. The zero-order chi connectivity index (χ0) is 32.9. The molecular weight excluding hydrogens is 596 g/mol. The molecule has 2 aromatic heterocycles. The first kappa shape index (κ1) is 31.8. The van der Waals surface area contributed by atoms with Gasteiger partial charge in [-0.15, -0.1) is 0 Å². The summed E-state index contributed by atoms with van der Waals surface area (Å²) in [5, 5.41) is 8.20. The fourth-order valence-corrected chi connectivity index (χ4v) is 5.92. The molecule has 2 saturated heterocycles. The molecule has 12 heteroatoms. The molecule has 4 heterocycles. The van der Waals surface area contributed by atoms with Crippen LogP contribution in [0.25, 0.3) is 11.1 Å². The van der Waals surface area contributed by atoms with Crippen molar-refractivity contribution in [2.75, 3.05) is 68.1 Å².